The van der Waals surface area contributed by atoms with Gasteiger partial charge in [-0.1, -0.05) is 74.5 Å². The largest absolute Gasteiger partial charge is 0.460 e. The van der Waals surface area contributed by atoms with Crippen molar-refractivity contribution < 1.29 is 9.53 Å². The van der Waals surface area contributed by atoms with E-state index in [0.717, 1.165) is 69.1 Å². The third-order valence-corrected chi connectivity index (χ3v) is 8.09. The van der Waals surface area contributed by atoms with Crippen molar-refractivity contribution in [3.05, 3.63) is 108 Å². The predicted molar refractivity (Wildman–Crippen MR) is 179 cm³/mol. The number of aromatic amines is 1. The molecule has 0 spiro atoms. The van der Waals surface area contributed by atoms with Crippen LogP contribution in [0.1, 0.15) is 68.3 Å². The molecule has 2 aromatic carbocycles. The quantitative estimate of drug-likeness (QED) is 0.0935. The van der Waals surface area contributed by atoms with E-state index in [1.54, 1.807) is 6.20 Å². The van der Waals surface area contributed by atoms with E-state index in [9.17, 15) is 4.79 Å². The molecule has 2 aromatic heterocycles. The number of aryl methyl sites for hydroxylation is 1. The third-order valence-electron chi connectivity index (χ3n) is 8.09. The second-order valence-electron chi connectivity index (χ2n) is 11.8. The highest BCUT2D eigenvalue weighted by atomic mass is 16.5. The molecule has 4 rings (SSSR count). The third kappa shape index (κ3) is 11.6. The van der Waals surface area contributed by atoms with Gasteiger partial charge in [0.05, 0.1) is 19.6 Å². The van der Waals surface area contributed by atoms with Crippen LogP contribution < -0.4 is 0 Å². The normalized spacial score (nSPS) is 12.3. The van der Waals surface area contributed by atoms with Crippen LogP contribution in [0.2, 0.25) is 0 Å². The van der Waals surface area contributed by atoms with Crippen LogP contribution in [-0.4, -0.2) is 79.5 Å². The number of hydrogen-bond donors (Lipinski definition) is 1. The first-order valence-electron chi connectivity index (χ1n) is 16.4. The number of esters is 1. The lowest BCUT2D eigenvalue weighted by atomic mass is 10.0. The molecule has 45 heavy (non-hydrogen) atoms. The summed E-state index contributed by atoms with van der Waals surface area (Å²) < 4.78 is 7.87. The maximum atomic E-state index is 13.4. The molecule has 0 radical (unpaired) electrons. The maximum Gasteiger partial charge on any atom is 0.320 e. The Bertz CT molecular complexity index is 1340. The Morgan fingerprint density at radius 2 is 1.58 bits per heavy atom. The van der Waals surface area contributed by atoms with Crippen LogP contribution in [-0.2, 0) is 36.3 Å². The highest BCUT2D eigenvalue weighted by Crippen LogP contribution is 2.25. The first kappa shape index (κ1) is 34.1. The second kappa shape index (κ2) is 18.9. The molecule has 1 unspecified atom stereocenters. The monoisotopic (exact) mass is 613 g/mol. The number of carbonyl (C=O) groups is 1. The lowest BCUT2D eigenvalue weighted by molar-refractivity contribution is -0.147. The first-order valence-corrected chi connectivity index (χ1v) is 16.4. The summed E-state index contributed by atoms with van der Waals surface area (Å²) in [5.41, 5.74) is 2.17. The Hall–Kier alpha value is -3.79. The number of carbonyl (C=O) groups excluding carboxylic acids is 1. The van der Waals surface area contributed by atoms with E-state index in [1.807, 2.05) is 62.0 Å². The van der Waals surface area contributed by atoms with E-state index in [2.05, 4.69) is 72.3 Å². The number of rotatable bonds is 21. The van der Waals surface area contributed by atoms with E-state index in [4.69, 9.17) is 4.74 Å². The number of unbranched alkanes of at least 4 members (excludes halogenated alkanes) is 1. The molecule has 242 valence electrons. The van der Waals surface area contributed by atoms with Crippen molar-refractivity contribution in [2.75, 3.05) is 39.3 Å². The average Bonchev–Trinajstić information content (AvgIpc) is 3.73. The molecule has 0 amide bonds. The molecule has 4 aromatic rings. The zero-order valence-corrected chi connectivity index (χ0v) is 27.4. The molecule has 0 aliphatic carbocycles. The van der Waals surface area contributed by atoms with Crippen molar-refractivity contribution in [2.45, 2.75) is 65.3 Å². The van der Waals surface area contributed by atoms with Gasteiger partial charge in [0.15, 0.2) is 0 Å². The summed E-state index contributed by atoms with van der Waals surface area (Å²) in [6.07, 6.45) is 11.9. The molecule has 0 bridgehead atoms. The molecule has 0 fully saturated rings. The Labute approximate surface area is 269 Å². The SMILES string of the molecule is CCCN(CCC)CCCCN(CC(=O)OCc1ccccc1)C(CN(Cc1ncc[nH]1)Cc1nccn1C)c1ccccc1. The number of H-pyrrole nitrogens is 1. The zero-order valence-electron chi connectivity index (χ0n) is 27.4. The fraction of sp³-hybridized carbons (Fsp3) is 0.472. The fourth-order valence-corrected chi connectivity index (χ4v) is 5.79. The van der Waals surface area contributed by atoms with Crippen molar-refractivity contribution in [1.82, 2.24) is 34.2 Å². The van der Waals surface area contributed by atoms with E-state index >= 15 is 0 Å². The standard InChI is InChI=1S/C36H51N7O2/c1-4-21-41(22-5-2)23-12-13-24-43(29-36(44)45-30-31-14-8-6-9-15-31)33(32-16-10-7-11-17-32)26-42(27-34-37-18-19-38-34)28-35-39-20-25-40(35)3/h6-11,14-20,25,33H,4-5,12-13,21-24,26-30H2,1-3H3,(H,37,38). The van der Waals surface area contributed by atoms with Gasteiger partial charge < -0.3 is 19.2 Å². The Balaban J connectivity index is 1.55. The van der Waals surface area contributed by atoms with Gasteiger partial charge in [-0.2, -0.15) is 0 Å². The molecule has 1 N–H and O–H groups in total. The molecule has 0 saturated carbocycles. The number of ether oxygens (including phenoxy) is 1. The van der Waals surface area contributed by atoms with Gasteiger partial charge in [0.1, 0.15) is 18.3 Å². The summed E-state index contributed by atoms with van der Waals surface area (Å²) in [6.45, 7) is 11.1. The van der Waals surface area contributed by atoms with Crippen LogP contribution in [0.4, 0.5) is 0 Å². The minimum atomic E-state index is -0.208. The molecule has 9 nitrogen and oxygen atoms in total. The number of benzene rings is 2. The second-order valence-corrected chi connectivity index (χ2v) is 11.8. The van der Waals surface area contributed by atoms with Crippen molar-refractivity contribution in [1.29, 1.82) is 0 Å². The number of nitrogens with one attached hydrogen (secondary N) is 1. The van der Waals surface area contributed by atoms with Gasteiger partial charge in [0.2, 0.25) is 0 Å². The Morgan fingerprint density at radius 1 is 0.867 bits per heavy atom. The molecule has 0 aliphatic heterocycles. The highest BCUT2D eigenvalue weighted by molar-refractivity contribution is 5.71. The molecule has 1 atom stereocenters. The topological polar surface area (TPSA) is 82.5 Å². The summed E-state index contributed by atoms with van der Waals surface area (Å²) in [6, 6.07) is 20.4. The summed E-state index contributed by atoms with van der Waals surface area (Å²) >= 11 is 0. The predicted octanol–water partition coefficient (Wildman–Crippen LogP) is 5.83. The van der Waals surface area contributed by atoms with Gasteiger partial charge in [-0.15, -0.1) is 0 Å². The molecule has 9 heteroatoms. The van der Waals surface area contributed by atoms with Crippen molar-refractivity contribution in [3.63, 3.8) is 0 Å². The summed E-state index contributed by atoms with van der Waals surface area (Å²) in [5, 5.41) is 0. The number of aromatic nitrogens is 4. The summed E-state index contributed by atoms with van der Waals surface area (Å²) in [7, 11) is 2.03. The highest BCUT2D eigenvalue weighted by Gasteiger charge is 2.27. The lowest BCUT2D eigenvalue weighted by Crippen LogP contribution is -2.42. The average molecular weight is 614 g/mol. The molecule has 0 saturated heterocycles. The van der Waals surface area contributed by atoms with E-state index in [0.29, 0.717) is 19.6 Å². The van der Waals surface area contributed by atoms with Gasteiger partial charge in [0, 0.05) is 44.4 Å². The zero-order chi connectivity index (χ0) is 31.7. The number of nitrogens with zero attached hydrogens (tertiary/aromatic N) is 6. The van der Waals surface area contributed by atoms with E-state index in [1.165, 1.54) is 5.56 Å². The summed E-state index contributed by atoms with van der Waals surface area (Å²) in [4.78, 5) is 33.1. The van der Waals surface area contributed by atoms with Gasteiger partial charge in [0.25, 0.3) is 0 Å². The number of hydrogen-bond acceptors (Lipinski definition) is 7. The molecular formula is C36H51N7O2. The van der Waals surface area contributed by atoms with Crippen molar-refractivity contribution in [3.8, 4) is 0 Å². The Kier molecular flexibility index (Phi) is 14.3. The Morgan fingerprint density at radius 3 is 2.22 bits per heavy atom. The molecule has 0 aliphatic rings. The van der Waals surface area contributed by atoms with Crippen molar-refractivity contribution >= 4 is 5.97 Å². The van der Waals surface area contributed by atoms with Gasteiger partial charge in [-0.25, -0.2) is 9.97 Å². The fourth-order valence-electron chi connectivity index (χ4n) is 5.79. The maximum absolute atomic E-state index is 13.4. The minimum Gasteiger partial charge on any atom is -0.460 e. The van der Waals surface area contributed by atoms with Gasteiger partial charge in [-0.05, 0) is 63.0 Å². The molecule has 2 heterocycles. The number of imidazole rings is 2. The van der Waals surface area contributed by atoms with Crippen LogP contribution in [0.25, 0.3) is 0 Å². The van der Waals surface area contributed by atoms with Gasteiger partial charge in [-0.3, -0.25) is 14.6 Å². The van der Waals surface area contributed by atoms with Crippen LogP contribution in [0.5, 0.6) is 0 Å². The van der Waals surface area contributed by atoms with Crippen LogP contribution >= 0.6 is 0 Å². The van der Waals surface area contributed by atoms with E-state index < -0.39 is 0 Å². The van der Waals surface area contributed by atoms with Crippen LogP contribution in [0, 0.1) is 0 Å². The van der Waals surface area contributed by atoms with Crippen molar-refractivity contribution in [2.24, 2.45) is 7.05 Å². The smallest absolute Gasteiger partial charge is 0.320 e. The van der Waals surface area contributed by atoms with Crippen LogP contribution in [0.3, 0.4) is 0 Å². The van der Waals surface area contributed by atoms with E-state index in [-0.39, 0.29) is 25.2 Å². The molecular weight excluding hydrogens is 562 g/mol. The summed E-state index contributed by atoms with van der Waals surface area (Å²) in [5.74, 6) is 1.67. The lowest BCUT2D eigenvalue weighted by Gasteiger charge is -2.35. The first-order chi connectivity index (χ1) is 22.1. The van der Waals surface area contributed by atoms with Gasteiger partial charge >= 0.3 is 5.97 Å². The minimum absolute atomic E-state index is 0.0342. The van der Waals surface area contributed by atoms with Crippen LogP contribution in [0.15, 0.2) is 85.5 Å².